The molecule has 4 rings (SSSR count). The first-order valence-corrected chi connectivity index (χ1v) is 15.5. The molecule has 2 aliphatic rings. The minimum absolute atomic E-state index is 0.00548. The Morgan fingerprint density at radius 2 is 1.84 bits per heavy atom. The number of rotatable bonds is 11. The van der Waals surface area contributed by atoms with Gasteiger partial charge in [-0.25, -0.2) is 13.8 Å². The minimum Gasteiger partial charge on any atom is -0.350 e. The molecular weight excluding hydrogens is 640 g/mol. The molecule has 1 saturated heterocycles. The van der Waals surface area contributed by atoms with Gasteiger partial charge in [0.1, 0.15) is 11.7 Å². The van der Waals surface area contributed by atoms with Crippen molar-refractivity contribution in [2.24, 2.45) is 5.92 Å². The first kappa shape index (κ1) is 35.0. The summed E-state index contributed by atoms with van der Waals surface area (Å²) < 4.78 is 124. The summed E-state index contributed by atoms with van der Waals surface area (Å²) in [6.07, 6.45) is -7.36. The molecule has 1 aromatic carbocycles. The fourth-order valence-corrected chi connectivity index (χ4v) is 5.99. The van der Waals surface area contributed by atoms with E-state index >= 15 is 0 Å². The Morgan fingerprint density at radius 3 is 2.42 bits per heavy atom. The lowest BCUT2D eigenvalue weighted by molar-refractivity contribution is -0.236. The first-order valence-electron chi connectivity index (χ1n) is 14.0. The third-order valence-corrected chi connectivity index (χ3v) is 8.57. The Bertz CT molecular complexity index is 1470. The molecule has 1 aliphatic heterocycles. The highest BCUT2D eigenvalue weighted by atomic mass is 31.2. The lowest BCUT2D eigenvalue weighted by Gasteiger charge is -2.44. The zero-order valence-corrected chi connectivity index (χ0v) is 25.0. The highest BCUT2D eigenvalue weighted by Crippen LogP contribution is 2.42. The number of aromatic amines is 1. The maximum atomic E-state index is 13.8. The SMILES string of the molecule is CCCCOP(=O)(O)n1nc(CN2CCO[C@H](O[C@H](C)c3cc(C(F)(F)F)cc(C(F)(F)F)c3)[C@@H]2C2C=CC(F)=CC2)[nH]c1=O. The summed E-state index contributed by atoms with van der Waals surface area (Å²) in [6, 6.07) is 0.360. The molecule has 2 heterocycles. The van der Waals surface area contributed by atoms with Crippen LogP contribution in [0.1, 0.15) is 61.7 Å². The third-order valence-electron chi connectivity index (χ3n) is 7.30. The van der Waals surface area contributed by atoms with Gasteiger partial charge in [0.05, 0.1) is 43.0 Å². The molecule has 18 heteroatoms. The van der Waals surface area contributed by atoms with Gasteiger partial charge in [-0.2, -0.15) is 26.3 Å². The van der Waals surface area contributed by atoms with Gasteiger partial charge in [-0.1, -0.05) is 19.4 Å². The average Bonchev–Trinajstić information content (AvgIpc) is 3.33. The molecule has 2 unspecified atom stereocenters. The van der Waals surface area contributed by atoms with Crippen LogP contribution in [0, 0.1) is 5.92 Å². The number of morpholine rings is 1. The lowest BCUT2D eigenvalue weighted by atomic mass is 9.89. The fourth-order valence-electron chi connectivity index (χ4n) is 5.02. The van der Waals surface area contributed by atoms with E-state index in [0.29, 0.717) is 29.4 Å². The Balaban J connectivity index is 1.62. The van der Waals surface area contributed by atoms with Crippen molar-refractivity contribution in [2.45, 2.75) is 70.4 Å². The van der Waals surface area contributed by atoms with Crippen molar-refractivity contribution in [3.8, 4) is 0 Å². The largest absolute Gasteiger partial charge is 0.457 e. The second-order valence-electron chi connectivity index (χ2n) is 10.6. The van der Waals surface area contributed by atoms with Crippen LogP contribution in [0.2, 0.25) is 0 Å². The van der Waals surface area contributed by atoms with E-state index in [1.165, 1.54) is 25.2 Å². The van der Waals surface area contributed by atoms with Gasteiger partial charge < -0.3 is 14.4 Å². The van der Waals surface area contributed by atoms with E-state index in [4.69, 9.17) is 14.0 Å². The smallest absolute Gasteiger partial charge is 0.350 e. The summed E-state index contributed by atoms with van der Waals surface area (Å²) >= 11 is 0. The van der Waals surface area contributed by atoms with Crippen LogP contribution in [-0.4, -0.2) is 56.4 Å². The fraction of sp³-hybridized carbons (Fsp3) is 0.556. The van der Waals surface area contributed by atoms with Crippen LogP contribution in [0.4, 0.5) is 30.7 Å². The van der Waals surface area contributed by atoms with Gasteiger partial charge in [0, 0.05) is 12.5 Å². The molecule has 0 bridgehead atoms. The van der Waals surface area contributed by atoms with Crippen molar-refractivity contribution in [3.05, 3.63) is 75.3 Å². The van der Waals surface area contributed by atoms with Crippen LogP contribution < -0.4 is 5.69 Å². The van der Waals surface area contributed by atoms with Crippen molar-refractivity contribution in [1.29, 1.82) is 0 Å². The van der Waals surface area contributed by atoms with Crippen molar-refractivity contribution in [1.82, 2.24) is 19.4 Å². The summed E-state index contributed by atoms with van der Waals surface area (Å²) in [7, 11) is -4.62. The summed E-state index contributed by atoms with van der Waals surface area (Å²) in [5, 5.41) is 3.93. The topological polar surface area (TPSA) is 119 Å². The molecular formula is C27H32F7N4O6P. The zero-order valence-electron chi connectivity index (χ0n) is 24.1. The third kappa shape index (κ3) is 8.71. The number of nitrogens with one attached hydrogen (secondary N) is 1. The first-order chi connectivity index (χ1) is 21.0. The predicted molar refractivity (Wildman–Crippen MR) is 145 cm³/mol. The van der Waals surface area contributed by atoms with Gasteiger partial charge in [-0.05, 0) is 55.7 Å². The number of allylic oxidation sites excluding steroid dienone is 3. The van der Waals surface area contributed by atoms with Crippen molar-refractivity contribution in [3.63, 3.8) is 0 Å². The van der Waals surface area contributed by atoms with E-state index in [0.717, 1.165) is 0 Å². The summed E-state index contributed by atoms with van der Waals surface area (Å²) in [5.41, 5.74) is -4.40. The number of halogens is 7. The van der Waals surface area contributed by atoms with Crippen molar-refractivity contribution >= 4 is 7.75 Å². The van der Waals surface area contributed by atoms with Gasteiger partial charge in [-0.3, -0.25) is 14.4 Å². The minimum atomic E-state index is -5.06. The van der Waals surface area contributed by atoms with E-state index in [-0.39, 0.29) is 44.6 Å². The average molecular weight is 673 g/mol. The molecule has 45 heavy (non-hydrogen) atoms. The van der Waals surface area contributed by atoms with Crippen molar-refractivity contribution < 1.29 is 54.2 Å². The number of benzene rings is 1. The molecule has 0 radical (unpaired) electrons. The number of nitrogens with zero attached hydrogens (tertiary/aromatic N) is 3. The zero-order chi connectivity index (χ0) is 33.2. The van der Waals surface area contributed by atoms with Gasteiger partial charge in [-0.15, -0.1) is 9.55 Å². The molecule has 0 saturated carbocycles. The van der Waals surface area contributed by atoms with Crippen molar-refractivity contribution in [2.75, 3.05) is 19.8 Å². The molecule has 2 aromatic rings. The molecule has 1 aromatic heterocycles. The normalized spacial score (nSPS) is 23.5. The highest BCUT2D eigenvalue weighted by molar-refractivity contribution is 7.50. The van der Waals surface area contributed by atoms with Crippen LogP contribution in [0.3, 0.4) is 0 Å². The lowest BCUT2D eigenvalue weighted by Crippen LogP contribution is -2.55. The van der Waals surface area contributed by atoms with Gasteiger partial charge in [0.2, 0.25) is 0 Å². The number of hydrogen-bond acceptors (Lipinski definition) is 7. The quantitative estimate of drug-likeness (QED) is 0.167. The number of alkyl halides is 6. The Kier molecular flexibility index (Phi) is 10.8. The monoisotopic (exact) mass is 672 g/mol. The summed E-state index contributed by atoms with van der Waals surface area (Å²) in [5.74, 6) is -1.06. The summed E-state index contributed by atoms with van der Waals surface area (Å²) in [4.78, 5) is 26.8. The van der Waals surface area contributed by atoms with Gasteiger partial charge in [0.15, 0.2) is 6.29 Å². The van der Waals surface area contributed by atoms with Gasteiger partial charge >= 0.3 is 25.8 Å². The summed E-state index contributed by atoms with van der Waals surface area (Å²) in [6.45, 7) is 3.08. The standard InChI is InChI=1S/C27H32F7N4O6P/c1-3-4-10-43-45(40,41)38-25(39)35-22(36-38)15-37-9-11-42-24(23(37)17-5-7-21(28)8-6-17)44-16(2)18-12-19(26(29,30)31)14-20(13-18)27(32,33)34/h5,7-8,12-14,16-17,23-24H,3-4,6,9-11,15H2,1-2H3,(H,40,41)(H,35,36,39)/t16-,17?,23+,24-/m1/s1. The molecule has 10 nitrogen and oxygen atoms in total. The number of aromatic nitrogens is 3. The molecule has 5 atom stereocenters. The van der Waals surface area contributed by atoms with Crippen LogP contribution >= 0.6 is 7.75 Å². The van der Waals surface area contributed by atoms with Gasteiger partial charge in [0.25, 0.3) is 0 Å². The maximum Gasteiger partial charge on any atom is 0.457 e. The number of hydrogen-bond donors (Lipinski definition) is 2. The molecule has 2 N–H and O–H groups in total. The number of unbranched alkanes of at least 4 members (excludes halogenated alkanes) is 1. The predicted octanol–water partition coefficient (Wildman–Crippen LogP) is 6.11. The second-order valence-corrected chi connectivity index (χ2v) is 12.2. The van der Waals surface area contributed by atoms with E-state index in [1.54, 1.807) is 4.90 Å². The molecule has 1 fully saturated rings. The van der Waals surface area contributed by atoms with E-state index in [9.17, 15) is 45.0 Å². The maximum absolute atomic E-state index is 13.8. The van der Waals surface area contributed by atoms with E-state index in [1.807, 2.05) is 6.92 Å². The van der Waals surface area contributed by atoms with Crippen LogP contribution in [-0.2, 0) is 37.5 Å². The Morgan fingerprint density at radius 1 is 1.18 bits per heavy atom. The van der Waals surface area contributed by atoms with Crippen LogP contribution in [0.15, 0.2) is 47.0 Å². The van der Waals surface area contributed by atoms with Crippen LogP contribution in [0.5, 0.6) is 0 Å². The van der Waals surface area contributed by atoms with E-state index < -0.39 is 72.7 Å². The highest BCUT2D eigenvalue weighted by Gasteiger charge is 2.41. The molecule has 1 aliphatic carbocycles. The Labute approximate surface area is 253 Å². The Hall–Kier alpha value is -2.82. The molecule has 0 spiro atoms. The molecule has 0 amide bonds. The second kappa shape index (κ2) is 13.9. The number of H-pyrrole nitrogens is 1. The van der Waals surface area contributed by atoms with E-state index in [2.05, 4.69) is 10.1 Å². The van der Waals surface area contributed by atoms with Crippen LogP contribution in [0.25, 0.3) is 0 Å². The number of ether oxygens (including phenoxy) is 2. The molecule has 250 valence electrons.